The van der Waals surface area contributed by atoms with Crippen LogP contribution in [0.25, 0.3) is 0 Å². The average Bonchev–Trinajstić information content (AvgIpc) is 2.78. The van der Waals surface area contributed by atoms with Gasteiger partial charge in [0, 0.05) is 12.6 Å². The fraction of sp³-hybridized carbons (Fsp3) is 1.00. The molecule has 0 amide bonds. The number of nitrogens with one attached hydrogen (secondary N) is 1. The maximum atomic E-state index is 6.27. The van der Waals surface area contributed by atoms with Gasteiger partial charge in [-0.3, -0.25) is 11.3 Å². The van der Waals surface area contributed by atoms with E-state index in [0.717, 1.165) is 18.4 Å². The van der Waals surface area contributed by atoms with Gasteiger partial charge in [-0.1, -0.05) is 44.9 Å². The van der Waals surface area contributed by atoms with Crippen LogP contribution < -0.4 is 11.3 Å². The Morgan fingerprint density at radius 2 is 1.52 bits per heavy atom. The summed E-state index contributed by atoms with van der Waals surface area (Å²) in [6, 6.07) is 0.519. The zero-order valence-electron chi connectivity index (χ0n) is 13.6. The third-order valence-corrected chi connectivity index (χ3v) is 6.40. The van der Waals surface area contributed by atoms with Crippen LogP contribution in [-0.2, 0) is 4.74 Å². The SMILES string of the molecule is NNC(C1CCCCCC1)C1CCOC2(CCCCC2)C1. The van der Waals surface area contributed by atoms with Crippen LogP contribution in [0.3, 0.4) is 0 Å². The third-order valence-electron chi connectivity index (χ3n) is 6.40. The van der Waals surface area contributed by atoms with Gasteiger partial charge in [-0.2, -0.15) is 0 Å². The van der Waals surface area contributed by atoms with Crippen molar-refractivity contribution in [2.75, 3.05) is 6.61 Å². The Kier molecular flexibility index (Phi) is 5.58. The molecule has 1 spiro atoms. The first kappa shape index (κ1) is 15.8. The molecular weight excluding hydrogens is 260 g/mol. The zero-order chi connectivity index (χ0) is 14.5. The van der Waals surface area contributed by atoms with E-state index in [-0.39, 0.29) is 5.60 Å². The topological polar surface area (TPSA) is 47.3 Å². The summed E-state index contributed by atoms with van der Waals surface area (Å²) in [5.41, 5.74) is 3.45. The first-order valence-corrected chi connectivity index (χ1v) is 9.43. The molecule has 0 radical (unpaired) electrons. The smallest absolute Gasteiger partial charge is 0.0685 e. The normalized spacial score (nSPS) is 32.7. The van der Waals surface area contributed by atoms with Crippen LogP contribution in [0.4, 0.5) is 0 Å². The molecule has 3 nitrogen and oxygen atoms in total. The zero-order valence-corrected chi connectivity index (χ0v) is 13.6. The van der Waals surface area contributed by atoms with E-state index >= 15 is 0 Å². The summed E-state index contributed by atoms with van der Waals surface area (Å²) in [6.45, 7) is 0.954. The Morgan fingerprint density at radius 1 is 0.857 bits per heavy atom. The van der Waals surface area contributed by atoms with E-state index in [1.807, 2.05) is 0 Å². The summed E-state index contributed by atoms with van der Waals surface area (Å²) in [6.07, 6.45) is 17.5. The van der Waals surface area contributed by atoms with Crippen LogP contribution in [0.1, 0.15) is 83.5 Å². The molecule has 0 aromatic rings. The van der Waals surface area contributed by atoms with Crippen molar-refractivity contribution in [3.8, 4) is 0 Å². The molecule has 3 fully saturated rings. The molecule has 2 atom stereocenters. The van der Waals surface area contributed by atoms with Gasteiger partial charge in [0.1, 0.15) is 0 Å². The van der Waals surface area contributed by atoms with Gasteiger partial charge in [0.25, 0.3) is 0 Å². The quantitative estimate of drug-likeness (QED) is 0.471. The molecule has 21 heavy (non-hydrogen) atoms. The van der Waals surface area contributed by atoms with Crippen LogP contribution >= 0.6 is 0 Å². The minimum atomic E-state index is 0.209. The van der Waals surface area contributed by atoms with E-state index in [9.17, 15) is 0 Å². The Labute approximate surface area is 130 Å². The predicted molar refractivity (Wildman–Crippen MR) is 86.8 cm³/mol. The highest BCUT2D eigenvalue weighted by Gasteiger charge is 2.42. The molecular formula is C18H34N2O. The van der Waals surface area contributed by atoms with Crippen LogP contribution in [0.5, 0.6) is 0 Å². The number of hydrazine groups is 1. The highest BCUT2D eigenvalue weighted by Crippen LogP contribution is 2.43. The summed E-state index contributed by atoms with van der Waals surface area (Å²) >= 11 is 0. The molecule has 3 rings (SSSR count). The van der Waals surface area contributed by atoms with E-state index in [2.05, 4.69) is 5.43 Å². The highest BCUT2D eigenvalue weighted by molar-refractivity contribution is 4.94. The molecule has 2 aliphatic carbocycles. The van der Waals surface area contributed by atoms with Crippen molar-refractivity contribution in [2.45, 2.75) is 95.1 Å². The van der Waals surface area contributed by atoms with Crippen LogP contribution in [0, 0.1) is 11.8 Å². The Hall–Kier alpha value is -0.120. The molecule has 0 aromatic heterocycles. The van der Waals surface area contributed by atoms with Crippen molar-refractivity contribution in [3.05, 3.63) is 0 Å². The van der Waals surface area contributed by atoms with Gasteiger partial charge in [-0.15, -0.1) is 0 Å². The lowest BCUT2D eigenvalue weighted by Crippen LogP contribution is -2.52. The van der Waals surface area contributed by atoms with Gasteiger partial charge in [0.2, 0.25) is 0 Å². The number of rotatable bonds is 3. The lowest BCUT2D eigenvalue weighted by atomic mass is 9.71. The molecule has 3 aliphatic rings. The summed E-state index contributed by atoms with van der Waals surface area (Å²) in [5, 5.41) is 0. The molecule has 2 saturated carbocycles. The molecule has 1 aliphatic heterocycles. The minimum absolute atomic E-state index is 0.209. The highest BCUT2D eigenvalue weighted by atomic mass is 16.5. The van der Waals surface area contributed by atoms with Crippen LogP contribution in [0.15, 0.2) is 0 Å². The summed E-state index contributed by atoms with van der Waals surface area (Å²) in [4.78, 5) is 0. The number of nitrogens with two attached hydrogens (primary N) is 1. The van der Waals surface area contributed by atoms with Crippen LogP contribution in [0.2, 0.25) is 0 Å². The number of ether oxygens (including phenoxy) is 1. The minimum Gasteiger partial charge on any atom is -0.375 e. The van der Waals surface area contributed by atoms with Gasteiger partial charge < -0.3 is 4.74 Å². The summed E-state index contributed by atoms with van der Waals surface area (Å²) < 4.78 is 6.27. The molecule has 3 N–H and O–H groups in total. The van der Waals surface area contributed by atoms with Crippen LogP contribution in [-0.4, -0.2) is 18.2 Å². The predicted octanol–water partition coefficient (Wildman–Crippen LogP) is 3.92. The monoisotopic (exact) mass is 294 g/mol. The van der Waals surface area contributed by atoms with E-state index in [1.165, 1.54) is 83.5 Å². The van der Waals surface area contributed by atoms with E-state index < -0.39 is 0 Å². The third kappa shape index (κ3) is 3.80. The molecule has 0 aromatic carbocycles. The van der Waals surface area contributed by atoms with Crippen molar-refractivity contribution >= 4 is 0 Å². The van der Waals surface area contributed by atoms with Gasteiger partial charge >= 0.3 is 0 Å². The first-order chi connectivity index (χ1) is 10.3. The molecule has 1 saturated heterocycles. The lowest BCUT2D eigenvalue weighted by Gasteiger charge is -2.46. The fourth-order valence-corrected chi connectivity index (χ4v) is 5.24. The van der Waals surface area contributed by atoms with Crippen molar-refractivity contribution in [2.24, 2.45) is 17.7 Å². The van der Waals surface area contributed by atoms with E-state index in [4.69, 9.17) is 10.6 Å². The van der Waals surface area contributed by atoms with Gasteiger partial charge in [0.05, 0.1) is 5.60 Å². The lowest BCUT2D eigenvalue weighted by molar-refractivity contribution is -0.124. The second-order valence-electron chi connectivity index (χ2n) is 7.79. The van der Waals surface area contributed by atoms with Crippen molar-refractivity contribution < 1.29 is 4.74 Å². The van der Waals surface area contributed by atoms with Crippen molar-refractivity contribution in [1.29, 1.82) is 0 Å². The maximum Gasteiger partial charge on any atom is 0.0685 e. The van der Waals surface area contributed by atoms with Crippen molar-refractivity contribution in [3.63, 3.8) is 0 Å². The fourth-order valence-electron chi connectivity index (χ4n) is 5.24. The van der Waals surface area contributed by atoms with E-state index in [1.54, 1.807) is 0 Å². The number of hydrogen-bond acceptors (Lipinski definition) is 3. The summed E-state index contributed by atoms with van der Waals surface area (Å²) in [7, 11) is 0. The molecule has 3 heteroatoms. The van der Waals surface area contributed by atoms with Gasteiger partial charge in [-0.05, 0) is 50.4 Å². The largest absolute Gasteiger partial charge is 0.375 e. The average molecular weight is 294 g/mol. The second-order valence-corrected chi connectivity index (χ2v) is 7.79. The summed E-state index contributed by atoms with van der Waals surface area (Å²) in [5.74, 6) is 7.53. The van der Waals surface area contributed by atoms with Crippen molar-refractivity contribution in [1.82, 2.24) is 5.43 Å². The van der Waals surface area contributed by atoms with Gasteiger partial charge in [0.15, 0.2) is 0 Å². The van der Waals surface area contributed by atoms with Gasteiger partial charge in [-0.25, -0.2) is 0 Å². The first-order valence-electron chi connectivity index (χ1n) is 9.43. The molecule has 0 bridgehead atoms. The second kappa shape index (κ2) is 7.43. The van der Waals surface area contributed by atoms with E-state index in [0.29, 0.717) is 6.04 Å². The molecule has 1 heterocycles. The Bertz CT molecular complexity index is 301. The Morgan fingerprint density at radius 3 is 2.19 bits per heavy atom. The molecule has 2 unspecified atom stereocenters. The number of hydrogen-bond donors (Lipinski definition) is 2. The Balaban J connectivity index is 1.64. The maximum absolute atomic E-state index is 6.27. The standard InChI is InChI=1S/C18H34N2O/c19-20-17(15-8-4-1-2-5-9-15)16-10-13-21-18(14-16)11-6-3-7-12-18/h15-17,20H,1-14,19H2. The molecule has 122 valence electrons.